The first kappa shape index (κ1) is 15.1. The van der Waals surface area contributed by atoms with Crippen LogP contribution in [0.3, 0.4) is 0 Å². The van der Waals surface area contributed by atoms with Crippen LogP contribution in [0.4, 0.5) is 4.79 Å². The van der Waals surface area contributed by atoms with Gasteiger partial charge in [0.05, 0.1) is 23.4 Å². The van der Waals surface area contributed by atoms with Crippen molar-refractivity contribution in [2.24, 2.45) is 0 Å². The summed E-state index contributed by atoms with van der Waals surface area (Å²) in [6, 6.07) is 7.82. The summed E-state index contributed by atoms with van der Waals surface area (Å²) in [6.45, 7) is 0.558. The first-order chi connectivity index (χ1) is 11.6. The number of hydrogen-bond acceptors (Lipinski definition) is 3. The minimum absolute atomic E-state index is 0.194. The largest absolute Gasteiger partial charge is 0.465 e. The molecular formula is C17H15BrN4O2. The van der Waals surface area contributed by atoms with Crippen molar-refractivity contribution in [3.63, 3.8) is 0 Å². The molecule has 7 heteroatoms. The summed E-state index contributed by atoms with van der Waals surface area (Å²) in [5.74, 6) is 0.695. The molecular weight excluding hydrogens is 372 g/mol. The van der Waals surface area contributed by atoms with Crippen LogP contribution in [0.5, 0.6) is 0 Å². The number of benzene rings is 1. The highest BCUT2D eigenvalue weighted by Gasteiger charge is 2.31. The molecule has 4 rings (SSSR count). The maximum Gasteiger partial charge on any atom is 0.407 e. The van der Waals surface area contributed by atoms with Crippen LogP contribution in [0, 0.1) is 0 Å². The van der Waals surface area contributed by atoms with Gasteiger partial charge in [-0.25, -0.2) is 9.78 Å². The molecule has 3 aromatic rings. The van der Waals surface area contributed by atoms with Gasteiger partial charge in [-0.3, -0.25) is 9.88 Å². The number of carbonyl (C=O) groups is 1. The topological polar surface area (TPSA) is 82.1 Å². The van der Waals surface area contributed by atoms with Crippen molar-refractivity contribution >= 4 is 32.9 Å². The fourth-order valence-corrected chi connectivity index (χ4v) is 3.52. The number of carboxylic acid groups (broad SMARTS) is 1. The maximum atomic E-state index is 11.3. The molecule has 1 saturated heterocycles. The minimum Gasteiger partial charge on any atom is -0.465 e. The number of H-pyrrole nitrogens is 1. The van der Waals surface area contributed by atoms with E-state index in [9.17, 15) is 9.90 Å². The smallest absolute Gasteiger partial charge is 0.407 e. The molecule has 0 aliphatic carbocycles. The summed E-state index contributed by atoms with van der Waals surface area (Å²) in [5, 5.41) is 10.3. The molecule has 0 spiro atoms. The van der Waals surface area contributed by atoms with Gasteiger partial charge in [0.25, 0.3) is 0 Å². The summed E-state index contributed by atoms with van der Waals surface area (Å²) in [4.78, 5) is 24.9. The number of likely N-dealkylation sites (tertiary alicyclic amines) is 1. The van der Waals surface area contributed by atoms with Gasteiger partial charge < -0.3 is 10.1 Å². The summed E-state index contributed by atoms with van der Waals surface area (Å²) < 4.78 is 0.995. The van der Waals surface area contributed by atoms with Gasteiger partial charge in [0.2, 0.25) is 0 Å². The van der Waals surface area contributed by atoms with Crippen LogP contribution in [0.1, 0.15) is 24.7 Å². The molecule has 122 valence electrons. The molecule has 0 radical (unpaired) electrons. The van der Waals surface area contributed by atoms with Crippen molar-refractivity contribution in [2.45, 2.75) is 18.9 Å². The number of amides is 1. The number of rotatable bonds is 2. The van der Waals surface area contributed by atoms with Gasteiger partial charge in [0.15, 0.2) is 0 Å². The second-order valence-electron chi connectivity index (χ2n) is 5.88. The Hall–Kier alpha value is -2.41. The molecule has 0 bridgehead atoms. The van der Waals surface area contributed by atoms with Crippen LogP contribution >= 0.6 is 15.9 Å². The van der Waals surface area contributed by atoms with E-state index in [1.165, 1.54) is 4.90 Å². The van der Waals surface area contributed by atoms with E-state index in [1.54, 1.807) is 12.4 Å². The monoisotopic (exact) mass is 386 g/mol. The summed E-state index contributed by atoms with van der Waals surface area (Å²) in [6.07, 6.45) is 4.31. The van der Waals surface area contributed by atoms with Gasteiger partial charge in [-0.2, -0.15) is 0 Å². The Morgan fingerprint density at radius 1 is 1.29 bits per heavy atom. The van der Waals surface area contributed by atoms with Crippen LogP contribution in [-0.2, 0) is 0 Å². The van der Waals surface area contributed by atoms with E-state index < -0.39 is 6.09 Å². The average Bonchev–Trinajstić information content (AvgIpc) is 3.23. The molecule has 1 atom stereocenters. The molecule has 1 aromatic carbocycles. The summed E-state index contributed by atoms with van der Waals surface area (Å²) in [5.41, 5.74) is 2.70. The van der Waals surface area contributed by atoms with Crippen LogP contribution in [0.15, 0.2) is 41.1 Å². The molecule has 1 amide bonds. The van der Waals surface area contributed by atoms with E-state index in [1.807, 2.05) is 18.2 Å². The predicted molar refractivity (Wildman–Crippen MR) is 93.7 cm³/mol. The molecule has 6 nitrogen and oxygen atoms in total. The highest BCUT2D eigenvalue weighted by molar-refractivity contribution is 9.10. The lowest BCUT2D eigenvalue weighted by Gasteiger charge is -2.19. The second-order valence-corrected chi connectivity index (χ2v) is 6.79. The molecule has 2 aromatic heterocycles. The Morgan fingerprint density at radius 2 is 2.17 bits per heavy atom. The molecule has 1 aliphatic rings. The Balaban J connectivity index is 1.67. The summed E-state index contributed by atoms with van der Waals surface area (Å²) in [7, 11) is 0. The fraction of sp³-hybridized carbons (Fsp3) is 0.235. The van der Waals surface area contributed by atoms with E-state index >= 15 is 0 Å². The van der Waals surface area contributed by atoms with Crippen LogP contribution in [0.2, 0.25) is 0 Å². The van der Waals surface area contributed by atoms with Crippen molar-refractivity contribution in [3.8, 4) is 11.3 Å². The van der Waals surface area contributed by atoms with Crippen molar-refractivity contribution in [2.75, 3.05) is 6.54 Å². The van der Waals surface area contributed by atoms with E-state index in [4.69, 9.17) is 0 Å². The quantitative estimate of drug-likeness (QED) is 0.691. The first-order valence-corrected chi connectivity index (χ1v) is 8.51. The standard InChI is InChI=1S/C17H15BrN4O2/c18-12-4-3-10-6-11(8-19-13(10)7-12)14-9-20-16(21-14)15-2-1-5-22(15)17(23)24/h3-4,6-9,15H,1-2,5H2,(H,20,21)(H,23,24). The van der Waals surface area contributed by atoms with E-state index in [2.05, 4.69) is 36.9 Å². The first-order valence-electron chi connectivity index (χ1n) is 7.72. The Labute approximate surface area is 146 Å². The van der Waals surface area contributed by atoms with Crippen molar-refractivity contribution in [1.82, 2.24) is 19.9 Å². The van der Waals surface area contributed by atoms with Crippen LogP contribution in [-0.4, -0.2) is 37.6 Å². The summed E-state index contributed by atoms with van der Waals surface area (Å²) >= 11 is 3.45. The van der Waals surface area contributed by atoms with Gasteiger partial charge in [-0.15, -0.1) is 0 Å². The number of nitrogens with zero attached hydrogens (tertiary/aromatic N) is 3. The van der Waals surface area contributed by atoms with Gasteiger partial charge in [-0.1, -0.05) is 22.0 Å². The zero-order chi connectivity index (χ0) is 16.7. The normalized spacial score (nSPS) is 17.5. The lowest BCUT2D eigenvalue weighted by molar-refractivity contribution is 0.139. The number of aromatic nitrogens is 3. The number of halogens is 1. The van der Waals surface area contributed by atoms with E-state index in [0.717, 1.165) is 39.5 Å². The fourth-order valence-electron chi connectivity index (χ4n) is 3.17. The molecule has 1 unspecified atom stereocenters. The zero-order valence-corrected chi connectivity index (χ0v) is 14.3. The Morgan fingerprint density at radius 3 is 3.00 bits per heavy atom. The second kappa shape index (κ2) is 5.90. The molecule has 24 heavy (non-hydrogen) atoms. The van der Waals surface area contributed by atoms with E-state index in [-0.39, 0.29) is 6.04 Å². The number of aromatic amines is 1. The highest BCUT2D eigenvalue weighted by atomic mass is 79.9. The van der Waals surface area contributed by atoms with E-state index in [0.29, 0.717) is 12.4 Å². The molecule has 3 heterocycles. The molecule has 1 aliphatic heterocycles. The molecule has 0 saturated carbocycles. The average molecular weight is 387 g/mol. The van der Waals surface area contributed by atoms with Gasteiger partial charge in [-0.05, 0) is 31.0 Å². The Bertz CT molecular complexity index is 924. The minimum atomic E-state index is -0.895. The predicted octanol–water partition coefficient (Wildman–Crippen LogP) is 4.20. The SMILES string of the molecule is O=C(O)N1CCCC1c1ncc(-c2cnc3cc(Br)ccc3c2)[nH]1. The lowest BCUT2D eigenvalue weighted by Crippen LogP contribution is -2.29. The number of pyridine rings is 1. The number of nitrogens with one attached hydrogen (secondary N) is 1. The van der Waals surface area contributed by atoms with Crippen LogP contribution < -0.4 is 0 Å². The number of hydrogen-bond donors (Lipinski definition) is 2. The third-order valence-electron chi connectivity index (χ3n) is 4.37. The maximum absolute atomic E-state index is 11.3. The van der Waals surface area contributed by atoms with Crippen LogP contribution in [0.25, 0.3) is 22.2 Å². The molecule has 1 fully saturated rings. The van der Waals surface area contributed by atoms with Gasteiger partial charge >= 0.3 is 6.09 Å². The van der Waals surface area contributed by atoms with Gasteiger partial charge in [0.1, 0.15) is 5.82 Å². The van der Waals surface area contributed by atoms with Crippen molar-refractivity contribution in [1.29, 1.82) is 0 Å². The molecule has 2 N–H and O–H groups in total. The highest BCUT2D eigenvalue weighted by Crippen LogP contribution is 2.31. The zero-order valence-electron chi connectivity index (χ0n) is 12.7. The lowest BCUT2D eigenvalue weighted by atomic mass is 10.1. The third kappa shape index (κ3) is 2.65. The number of fused-ring (bicyclic) bond motifs is 1. The van der Waals surface area contributed by atoms with Gasteiger partial charge in [0, 0.05) is 28.2 Å². The Kier molecular flexibility index (Phi) is 3.72. The third-order valence-corrected chi connectivity index (χ3v) is 4.86. The van der Waals surface area contributed by atoms with Crippen molar-refractivity contribution < 1.29 is 9.90 Å². The number of imidazole rings is 1. The van der Waals surface area contributed by atoms with Crippen molar-refractivity contribution in [3.05, 3.63) is 47.0 Å².